The number of aryl methyl sites for hydroxylation is 1. The normalized spacial score (nSPS) is 27.5. The highest BCUT2D eigenvalue weighted by atomic mass is 32.2. The molecule has 1 fully saturated rings. The van der Waals surface area contributed by atoms with Crippen molar-refractivity contribution in [1.82, 2.24) is 0 Å². The van der Waals surface area contributed by atoms with Crippen molar-refractivity contribution in [2.24, 2.45) is 0 Å². The maximum absolute atomic E-state index is 10.9. The fourth-order valence-corrected chi connectivity index (χ4v) is 6.18. The highest BCUT2D eigenvalue weighted by Crippen LogP contribution is 2.43. The van der Waals surface area contributed by atoms with Gasteiger partial charge in [0.15, 0.2) is 0 Å². The molecule has 20 heavy (non-hydrogen) atoms. The van der Waals surface area contributed by atoms with Crippen LogP contribution in [0.25, 0.3) is 0 Å². The maximum Gasteiger partial charge on any atom is 0.128 e. The molecule has 2 nitrogen and oxygen atoms in total. The van der Waals surface area contributed by atoms with Gasteiger partial charge in [0, 0.05) is 27.6 Å². The topological polar surface area (TPSA) is 29.5 Å². The molecule has 0 spiro atoms. The second kappa shape index (κ2) is 6.63. The van der Waals surface area contributed by atoms with Crippen LogP contribution in [0.2, 0.25) is 0 Å². The predicted molar refractivity (Wildman–Crippen MR) is 88.0 cm³/mol. The average molecular weight is 310 g/mol. The van der Waals surface area contributed by atoms with Gasteiger partial charge in [-0.1, -0.05) is 25.1 Å². The second-order valence-electron chi connectivity index (χ2n) is 5.39. The van der Waals surface area contributed by atoms with Gasteiger partial charge in [-0.2, -0.15) is 23.5 Å². The molecule has 0 amide bonds. The van der Waals surface area contributed by atoms with Gasteiger partial charge in [-0.3, -0.25) is 0 Å². The first kappa shape index (κ1) is 14.6. The van der Waals surface area contributed by atoms with Crippen LogP contribution in [0.15, 0.2) is 18.2 Å². The van der Waals surface area contributed by atoms with E-state index in [-0.39, 0.29) is 5.25 Å². The number of para-hydroxylation sites is 1. The standard InChI is InChI=1S/C16H22O2S2/c1-2-13-16(20-10-9-19-13)14(17)12-7-3-5-11-6-4-8-18-15(11)12/h3,5,7,13-14,16-17H,2,4,6,8-10H2,1H3. The van der Waals surface area contributed by atoms with Crippen molar-refractivity contribution in [2.45, 2.75) is 42.8 Å². The molecule has 1 aromatic carbocycles. The number of rotatable bonds is 3. The first-order valence-corrected chi connectivity index (χ1v) is 9.57. The molecule has 3 atom stereocenters. The Bertz CT molecular complexity index is 464. The number of thioether (sulfide) groups is 2. The molecule has 1 saturated heterocycles. The summed E-state index contributed by atoms with van der Waals surface area (Å²) in [5, 5.41) is 11.7. The smallest absolute Gasteiger partial charge is 0.128 e. The molecule has 0 aromatic heterocycles. The molecule has 0 radical (unpaired) electrons. The number of ether oxygens (including phenoxy) is 1. The number of hydrogen-bond acceptors (Lipinski definition) is 4. The van der Waals surface area contributed by atoms with Crippen LogP contribution in [-0.4, -0.2) is 33.7 Å². The average Bonchev–Trinajstić information content (AvgIpc) is 2.53. The van der Waals surface area contributed by atoms with Gasteiger partial charge >= 0.3 is 0 Å². The summed E-state index contributed by atoms with van der Waals surface area (Å²) in [4.78, 5) is 0. The molecule has 0 aliphatic carbocycles. The Morgan fingerprint density at radius 2 is 2.20 bits per heavy atom. The molecule has 3 unspecified atom stereocenters. The number of hydrogen-bond donors (Lipinski definition) is 1. The minimum absolute atomic E-state index is 0.288. The van der Waals surface area contributed by atoms with E-state index < -0.39 is 6.10 Å². The molecule has 2 aliphatic rings. The van der Waals surface area contributed by atoms with Gasteiger partial charge in [-0.15, -0.1) is 0 Å². The van der Waals surface area contributed by atoms with Crippen molar-refractivity contribution in [3.8, 4) is 5.75 Å². The third-order valence-corrected chi connectivity index (χ3v) is 7.42. The number of benzene rings is 1. The quantitative estimate of drug-likeness (QED) is 0.922. The van der Waals surface area contributed by atoms with E-state index in [2.05, 4.69) is 19.1 Å². The Labute approximate surface area is 129 Å². The van der Waals surface area contributed by atoms with Crippen molar-refractivity contribution in [1.29, 1.82) is 0 Å². The minimum Gasteiger partial charge on any atom is -0.493 e. The lowest BCUT2D eigenvalue weighted by Gasteiger charge is -2.34. The summed E-state index contributed by atoms with van der Waals surface area (Å²) in [7, 11) is 0. The van der Waals surface area contributed by atoms with Crippen molar-refractivity contribution in [2.75, 3.05) is 18.1 Å². The third kappa shape index (κ3) is 2.83. The first-order chi connectivity index (χ1) is 9.81. The molecule has 2 aliphatic heterocycles. The summed E-state index contributed by atoms with van der Waals surface area (Å²) >= 11 is 3.93. The van der Waals surface area contributed by atoms with Crippen LogP contribution < -0.4 is 4.74 Å². The maximum atomic E-state index is 10.9. The Hall–Kier alpha value is -0.320. The van der Waals surface area contributed by atoms with Gasteiger partial charge in [0.1, 0.15) is 5.75 Å². The van der Waals surface area contributed by atoms with Crippen molar-refractivity contribution >= 4 is 23.5 Å². The Morgan fingerprint density at radius 1 is 1.35 bits per heavy atom. The van der Waals surface area contributed by atoms with Crippen LogP contribution in [0.3, 0.4) is 0 Å². The molecular weight excluding hydrogens is 288 g/mol. The zero-order chi connectivity index (χ0) is 13.9. The number of fused-ring (bicyclic) bond motifs is 1. The summed E-state index contributed by atoms with van der Waals surface area (Å²) in [5.41, 5.74) is 2.26. The van der Waals surface area contributed by atoms with E-state index in [0.717, 1.165) is 42.9 Å². The third-order valence-electron chi connectivity index (χ3n) is 4.09. The molecule has 4 heteroatoms. The SMILES string of the molecule is CCC1SCCSC1C(O)c1cccc2c1OCCC2. The molecule has 1 aromatic rings. The van der Waals surface area contributed by atoms with E-state index in [0.29, 0.717) is 5.25 Å². The van der Waals surface area contributed by atoms with Gasteiger partial charge in [0.25, 0.3) is 0 Å². The number of aliphatic hydroxyl groups excluding tert-OH is 1. The molecule has 3 rings (SSSR count). The van der Waals surface area contributed by atoms with E-state index in [1.54, 1.807) is 0 Å². The molecule has 0 saturated carbocycles. The van der Waals surface area contributed by atoms with E-state index in [1.165, 1.54) is 11.3 Å². The Kier molecular flexibility index (Phi) is 4.84. The zero-order valence-corrected chi connectivity index (χ0v) is 13.5. The van der Waals surface area contributed by atoms with Crippen LogP contribution in [0.5, 0.6) is 5.75 Å². The fourth-order valence-electron chi connectivity index (χ4n) is 3.05. The van der Waals surface area contributed by atoms with Crippen LogP contribution in [0, 0.1) is 0 Å². The van der Waals surface area contributed by atoms with Crippen LogP contribution in [-0.2, 0) is 6.42 Å². The van der Waals surface area contributed by atoms with E-state index in [9.17, 15) is 5.11 Å². The van der Waals surface area contributed by atoms with Gasteiger partial charge in [0.2, 0.25) is 0 Å². The molecule has 0 bridgehead atoms. The van der Waals surface area contributed by atoms with Crippen LogP contribution in [0.4, 0.5) is 0 Å². The summed E-state index contributed by atoms with van der Waals surface area (Å²) in [5.74, 6) is 3.30. The summed E-state index contributed by atoms with van der Waals surface area (Å²) in [6.45, 7) is 3.00. The van der Waals surface area contributed by atoms with E-state index >= 15 is 0 Å². The Morgan fingerprint density at radius 3 is 3.05 bits per heavy atom. The van der Waals surface area contributed by atoms with Gasteiger partial charge in [0.05, 0.1) is 12.7 Å². The largest absolute Gasteiger partial charge is 0.493 e. The molecule has 1 N–H and O–H groups in total. The lowest BCUT2D eigenvalue weighted by Crippen LogP contribution is -2.31. The lowest BCUT2D eigenvalue weighted by atomic mass is 9.96. The molecule has 2 heterocycles. The van der Waals surface area contributed by atoms with E-state index in [1.807, 2.05) is 29.6 Å². The van der Waals surface area contributed by atoms with E-state index in [4.69, 9.17) is 4.74 Å². The summed E-state index contributed by atoms with van der Waals surface area (Å²) in [6.07, 6.45) is 2.86. The minimum atomic E-state index is -0.411. The van der Waals surface area contributed by atoms with Crippen molar-refractivity contribution < 1.29 is 9.84 Å². The van der Waals surface area contributed by atoms with Crippen molar-refractivity contribution in [3.63, 3.8) is 0 Å². The summed E-state index contributed by atoms with van der Waals surface area (Å²) in [6, 6.07) is 6.24. The highest BCUT2D eigenvalue weighted by molar-refractivity contribution is 8.07. The van der Waals surface area contributed by atoms with Crippen LogP contribution >= 0.6 is 23.5 Å². The molecular formula is C16H22O2S2. The van der Waals surface area contributed by atoms with Crippen molar-refractivity contribution in [3.05, 3.63) is 29.3 Å². The zero-order valence-electron chi connectivity index (χ0n) is 11.9. The van der Waals surface area contributed by atoms with Gasteiger partial charge in [-0.25, -0.2) is 0 Å². The molecule has 110 valence electrons. The number of aliphatic hydroxyl groups is 1. The highest BCUT2D eigenvalue weighted by Gasteiger charge is 2.34. The van der Waals surface area contributed by atoms with Gasteiger partial charge < -0.3 is 9.84 Å². The lowest BCUT2D eigenvalue weighted by molar-refractivity contribution is 0.164. The van der Waals surface area contributed by atoms with Crippen LogP contribution in [0.1, 0.15) is 37.0 Å². The Balaban J connectivity index is 1.88. The summed E-state index contributed by atoms with van der Waals surface area (Å²) < 4.78 is 5.86. The fraction of sp³-hybridized carbons (Fsp3) is 0.625. The predicted octanol–water partition coefficient (Wildman–Crippen LogP) is 3.67. The second-order valence-corrected chi connectivity index (χ2v) is 8.02. The van der Waals surface area contributed by atoms with Gasteiger partial charge in [-0.05, 0) is 24.8 Å². The first-order valence-electron chi connectivity index (χ1n) is 7.47. The monoisotopic (exact) mass is 310 g/mol.